The summed E-state index contributed by atoms with van der Waals surface area (Å²) in [7, 11) is -4.79. The highest BCUT2D eigenvalue weighted by atomic mass is 32.2. The molecule has 222 valence electrons. The van der Waals surface area contributed by atoms with Crippen LogP contribution in [0.3, 0.4) is 0 Å². The summed E-state index contributed by atoms with van der Waals surface area (Å²) in [6.07, 6.45) is -0.656. The van der Waals surface area contributed by atoms with E-state index in [1.807, 2.05) is 6.92 Å². The van der Waals surface area contributed by atoms with Crippen LogP contribution in [-0.4, -0.2) is 83.1 Å². The lowest BCUT2D eigenvalue weighted by atomic mass is 9.99. The van der Waals surface area contributed by atoms with Crippen molar-refractivity contribution in [1.82, 2.24) is 9.21 Å². The zero-order valence-electron chi connectivity index (χ0n) is 23.1. The molecule has 0 fully saturated rings. The molecular weight excluding hydrogens is 591 g/mol. The minimum Gasteiger partial charge on any atom is -0.497 e. The summed E-state index contributed by atoms with van der Waals surface area (Å²) >= 11 is 1.12. The number of carbonyl (C=O) groups is 1. The van der Waals surface area contributed by atoms with Crippen LogP contribution in [0, 0.1) is 5.92 Å². The average molecular weight is 624 g/mol. The van der Waals surface area contributed by atoms with Gasteiger partial charge in [-0.25, -0.2) is 16.8 Å². The highest BCUT2D eigenvalue weighted by molar-refractivity contribution is 7.92. The molecule has 41 heavy (non-hydrogen) atoms. The van der Waals surface area contributed by atoms with Crippen molar-refractivity contribution in [1.29, 1.82) is 0 Å². The van der Waals surface area contributed by atoms with Crippen LogP contribution in [0.1, 0.15) is 24.2 Å². The first-order chi connectivity index (χ1) is 19.4. The largest absolute Gasteiger partial charge is 0.497 e. The van der Waals surface area contributed by atoms with Crippen molar-refractivity contribution < 1.29 is 36.2 Å². The summed E-state index contributed by atoms with van der Waals surface area (Å²) in [5.74, 6) is -0.0771. The minimum atomic E-state index is -3.99. The Kier molecular flexibility index (Phi) is 9.29. The Bertz CT molecular complexity index is 1580. The topological polar surface area (TPSA) is 143 Å². The van der Waals surface area contributed by atoms with Crippen LogP contribution in [0.15, 0.2) is 69.1 Å². The molecule has 2 N–H and O–H groups in total. The Balaban J connectivity index is 1.67. The number of aliphatic hydroxyl groups is 1. The van der Waals surface area contributed by atoms with Crippen LogP contribution in [0.25, 0.3) is 0 Å². The van der Waals surface area contributed by atoms with E-state index >= 15 is 0 Å². The first-order valence-electron chi connectivity index (χ1n) is 12.8. The highest BCUT2D eigenvalue weighted by Crippen LogP contribution is 2.32. The molecule has 11 nitrogen and oxygen atoms in total. The first kappa shape index (κ1) is 30.8. The molecule has 3 aromatic rings. The van der Waals surface area contributed by atoms with Gasteiger partial charge in [0.15, 0.2) is 0 Å². The van der Waals surface area contributed by atoms with E-state index < -0.39 is 38.1 Å². The normalized spacial score (nSPS) is 18.7. The van der Waals surface area contributed by atoms with Crippen LogP contribution in [0.4, 0.5) is 5.69 Å². The standard InChI is InChI=1S/C27H33N3O8S3/c1-18-15-30(19(2)17-31)27(32)23-14-20(28-40(33,34)22-10-8-21(37-4)9-11-22)7-12-24(23)38-25(18)16-29(3)41(35,36)26-6-5-13-39-26/h5-14,18-19,25,28,31H,15-17H2,1-4H3/t18-,19+,25+/m0/s1. The quantitative estimate of drug-likeness (QED) is 0.351. The molecule has 1 aromatic heterocycles. The van der Waals surface area contributed by atoms with E-state index in [4.69, 9.17) is 9.47 Å². The van der Waals surface area contributed by atoms with Gasteiger partial charge in [-0.05, 0) is 60.8 Å². The van der Waals surface area contributed by atoms with Crippen molar-refractivity contribution in [3.8, 4) is 11.5 Å². The number of nitrogens with one attached hydrogen (secondary N) is 1. The summed E-state index contributed by atoms with van der Waals surface area (Å²) < 4.78 is 67.5. The maximum absolute atomic E-state index is 13.7. The van der Waals surface area contributed by atoms with Gasteiger partial charge < -0.3 is 19.5 Å². The molecule has 0 spiro atoms. The predicted octanol–water partition coefficient (Wildman–Crippen LogP) is 3.10. The molecule has 2 aromatic carbocycles. The number of hydrogen-bond donors (Lipinski definition) is 2. The number of likely N-dealkylation sites (N-methyl/N-ethyl adjacent to an activating group) is 1. The molecule has 1 amide bonds. The number of hydrogen-bond acceptors (Lipinski definition) is 9. The lowest BCUT2D eigenvalue weighted by molar-refractivity contribution is 0.0387. The number of aliphatic hydroxyl groups excluding tert-OH is 1. The lowest BCUT2D eigenvalue weighted by Gasteiger charge is -2.38. The van der Waals surface area contributed by atoms with Crippen molar-refractivity contribution in [2.45, 2.75) is 35.1 Å². The summed E-state index contributed by atoms with van der Waals surface area (Å²) in [5.41, 5.74) is 0.219. The fourth-order valence-electron chi connectivity index (χ4n) is 4.39. The zero-order valence-corrected chi connectivity index (χ0v) is 25.5. The van der Waals surface area contributed by atoms with Crippen LogP contribution < -0.4 is 14.2 Å². The Labute approximate surface area is 244 Å². The number of rotatable bonds is 10. The maximum atomic E-state index is 13.7. The number of nitrogens with zero attached hydrogens (tertiary/aromatic N) is 2. The predicted molar refractivity (Wildman–Crippen MR) is 156 cm³/mol. The van der Waals surface area contributed by atoms with Gasteiger partial charge in [0.1, 0.15) is 21.8 Å². The van der Waals surface area contributed by atoms with Crippen molar-refractivity contribution in [3.05, 3.63) is 65.5 Å². The molecule has 0 unspecified atom stereocenters. The number of anilines is 1. The summed E-state index contributed by atoms with van der Waals surface area (Å²) in [6, 6.07) is 12.8. The van der Waals surface area contributed by atoms with E-state index in [9.17, 15) is 26.7 Å². The number of benzene rings is 2. The molecule has 0 aliphatic carbocycles. The molecule has 4 rings (SSSR count). The number of amides is 1. The second-order valence-electron chi connectivity index (χ2n) is 9.83. The van der Waals surface area contributed by atoms with Gasteiger partial charge in [-0.2, -0.15) is 4.31 Å². The Morgan fingerprint density at radius 2 is 1.88 bits per heavy atom. The van der Waals surface area contributed by atoms with Crippen LogP contribution in [-0.2, 0) is 20.0 Å². The van der Waals surface area contributed by atoms with Crippen LogP contribution >= 0.6 is 11.3 Å². The van der Waals surface area contributed by atoms with E-state index in [2.05, 4.69) is 4.72 Å². The monoisotopic (exact) mass is 623 g/mol. The highest BCUT2D eigenvalue weighted by Gasteiger charge is 2.35. The van der Waals surface area contributed by atoms with Gasteiger partial charge in [0, 0.05) is 25.2 Å². The fraction of sp³-hybridized carbons (Fsp3) is 0.370. The molecule has 0 saturated carbocycles. The van der Waals surface area contributed by atoms with E-state index in [0.717, 1.165) is 11.3 Å². The molecule has 3 atom stereocenters. The number of fused-ring (bicyclic) bond motifs is 1. The third kappa shape index (κ3) is 6.67. The smallest absolute Gasteiger partial charge is 0.261 e. The van der Waals surface area contributed by atoms with Gasteiger partial charge in [-0.1, -0.05) is 13.0 Å². The van der Waals surface area contributed by atoms with Crippen molar-refractivity contribution in [2.75, 3.05) is 38.6 Å². The van der Waals surface area contributed by atoms with Crippen molar-refractivity contribution >= 4 is 43.0 Å². The third-order valence-electron chi connectivity index (χ3n) is 6.88. The van der Waals surface area contributed by atoms with Gasteiger partial charge in [0.2, 0.25) is 0 Å². The average Bonchev–Trinajstić information content (AvgIpc) is 3.51. The molecule has 2 heterocycles. The van der Waals surface area contributed by atoms with Crippen LogP contribution in [0.5, 0.6) is 11.5 Å². The molecule has 1 aliphatic heterocycles. The molecule has 14 heteroatoms. The van der Waals surface area contributed by atoms with E-state index in [0.29, 0.717) is 5.75 Å². The number of methoxy groups -OCH3 is 1. The molecular formula is C27H33N3O8S3. The van der Waals surface area contributed by atoms with Crippen molar-refractivity contribution in [3.63, 3.8) is 0 Å². The molecule has 0 bridgehead atoms. The Hall–Kier alpha value is -3.17. The lowest BCUT2D eigenvalue weighted by Crippen LogP contribution is -2.50. The van der Waals surface area contributed by atoms with Gasteiger partial charge in [-0.15, -0.1) is 11.3 Å². The van der Waals surface area contributed by atoms with Crippen LogP contribution in [0.2, 0.25) is 0 Å². The summed E-state index contributed by atoms with van der Waals surface area (Å²) in [4.78, 5) is 15.2. The number of thiophene rings is 1. The molecule has 1 aliphatic rings. The number of carbonyl (C=O) groups excluding carboxylic acids is 1. The number of ether oxygens (including phenoxy) is 2. The van der Waals surface area contributed by atoms with Gasteiger partial charge in [0.25, 0.3) is 26.0 Å². The van der Waals surface area contributed by atoms with E-state index in [1.54, 1.807) is 18.4 Å². The number of sulfonamides is 2. The molecule has 0 radical (unpaired) electrons. The maximum Gasteiger partial charge on any atom is 0.261 e. The molecule has 0 saturated heterocycles. The van der Waals surface area contributed by atoms with Gasteiger partial charge in [-0.3, -0.25) is 9.52 Å². The fourth-order valence-corrected chi connectivity index (χ4v) is 7.82. The second kappa shape index (κ2) is 12.4. The first-order valence-corrected chi connectivity index (χ1v) is 16.6. The summed E-state index contributed by atoms with van der Waals surface area (Å²) in [6.45, 7) is 3.44. The van der Waals surface area contributed by atoms with Gasteiger partial charge >= 0.3 is 0 Å². The zero-order chi connectivity index (χ0) is 29.9. The van der Waals surface area contributed by atoms with E-state index in [1.165, 1.54) is 71.9 Å². The minimum absolute atomic E-state index is 0.00221. The van der Waals surface area contributed by atoms with Crippen molar-refractivity contribution in [2.24, 2.45) is 5.92 Å². The van der Waals surface area contributed by atoms with E-state index in [-0.39, 0.29) is 51.7 Å². The Morgan fingerprint density at radius 3 is 2.49 bits per heavy atom. The third-order valence-corrected chi connectivity index (χ3v) is 11.5. The van der Waals surface area contributed by atoms with Gasteiger partial charge in [0.05, 0.1) is 36.8 Å². The Morgan fingerprint density at radius 1 is 1.17 bits per heavy atom. The SMILES string of the molecule is COc1ccc(S(=O)(=O)Nc2ccc3c(c2)C(=O)N([C@H](C)CO)C[C@H](C)[C@@H](CN(C)S(=O)(=O)c2cccs2)O3)cc1. The second-order valence-corrected chi connectivity index (χ2v) is 14.7. The summed E-state index contributed by atoms with van der Waals surface area (Å²) in [5, 5.41) is 11.6.